The minimum Gasteiger partial charge on any atom is -0.478 e. The third-order valence-corrected chi connectivity index (χ3v) is 1.16. The van der Waals surface area contributed by atoms with Gasteiger partial charge in [0.25, 0.3) is 0 Å². The van der Waals surface area contributed by atoms with E-state index < -0.39 is 5.97 Å². The first-order chi connectivity index (χ1) is 5.20. The summed E-state index contributed by atoms with van der Waals surface area (Å²) in [6.45, 7) is 3.35. The monoisotopic (exact) mass is 153 g/mol. The Kier molecular flexibility index (Phi) is 2.00. The third-order valence-electron chi connectivity index (χ3n) is 1.16. The molecule has 1 aromatic heterocycles. The molecule has 0 aliphatic heterocycles. The topological polar surface area (TPSA) is 78.9 Å². The van der Waals surface area contributed by atoms with Crippen molar-refractivity contribution in [2.75, 3.05) is 0 Å². The van der Waals surface area contributed by atoms with Gasteiger partial charge in [-0.15, -0.1) is 0 Å². The molecular weight excluding hydrogens is 146 g/mol. The van der Waals surface area contributed by atoms with Crippen molar-refractivity contribution >= 4 is 5.97 Å². The zero-order chi connectivity index (χ0) is 8.27. The van der Waals surface area contributed by atoms with Crippen LogP contribution in [0.5, 0.6) is 0 Å². The fourth-order valence-electron chi connectivity index (χ4n) is 0.605. The van der Waals surface area contributed by atoms with E-state index in [1.165, 1.54) is 6.20 Å². The van der Waals surface area contributed by atoms with Crippen molar-refractivity contribution in [3.8, 4) is 0 Å². The molecule has 0 fully saturated rings. The number of nitrogens with zero attached hydrogens (tertiary/aromatic N) is 2. The van der Waals surface area contributed by atoms with Crippen molar-refractivity contribution in [3.05, 3.63) is 24.0 Å². The highest BCUT2D eigenvalue weighted by molar-refractivity contribution is 5.86. The van der Waals surface area contributed by atoms with Gasteiger partial charge in [0.05, 0.1) is 11.9 Å². The van der Waals surface area contributed by atoms with Crippen LogP contribution in [0.1, 0.15) is 5.69 Å². The second-order valence-electron chi connectivity index (χ2n) is 2.05. The van der Waals surface area contributed by atoms with Crippen LogP contribution in [-0.4, -0.2) is 26.5 Å². The number of hydrogen-bond donors (Lipinski definition) is 2. The van der Waals surface area contributed by atoms with Crippen LogP contribution in [0.3, 0.4) is 0 Å². The molecule has 0 amide bonds. The van der Waals surface area contributed by atoms with E-state index in [-0.39, 0.29) is 12.0 Å². The van der Waals surface area contributed by atoms with Crippen LogP contribution in [0.25, 0.3) is 0 Å². The van der Waals surface area contributed by atoms with E-state index in [1.807, 2.05) is 0 Å². The quantitative estimate of drug-likeness (QED) is 0.598. The van der Waals surface area contributed by atoms with Crippen molar-refractivity contribution < 1.29 is 9.90 Å². The van der Waals surface area contributed by atoms with E-state index in [0.29, 0.717) is 5.69 Å². The highest BCUT2D eigenvalue weighted by atomic mass is 16.4. The number of aliphatic carboxylic acids is 1. The van der Waals surface area contributed by atoms with Gasteiger partial charge in [0.2, 0.25) is 0 Å². The van der Waals surface area contributed by atoms with Crippen molar-refractivity contribution in [2.45, 2.75) is 6.42 Å². The van der Waals surface area contributed by atoms with Gasteiger partial charge in [-0.3, -0.25) is 0 Å². The molecule has 0 unspecified atom stereocenters. The molecule has 1 aromatic rings. The molecule has 0 saturated carbocycles. The molecule has 0 radical (unpaired) electrons. The zero-order valence-corrected chi connectivity index (χ0v) is 5.74. The lowest BCUT2D eigenvalue weighted by Crippen LogP contribution is -2.02. The summed E-state index contributed by atoms with van der Waals surface area (Å²) >= 11 is 0. The van der Waals surface area contributed by atoms with Crippen molar-refractivity contribution in [3.63, 3.8) is 0 Å². The molecule has 1 rings (SSSR count). The van der Waals surface area contributed by atoms with Crippen LogP contribution in [-0.2, 0) is 11.2 Å². The second kappa shape index (κ2) is 2.96. The SMILES string of the molecule is C=C(Cc1cn[nH]n1)C(=O)O. The maximum absolute atomic E-state index is 10.3. The molecular formula is C6H7N3O2. The third kappa shape index (κ3) is 1.89. The van der Waals surface area contributed by atoms with Crippen LogP contribution >= 0.6 is 0 Å². The largest absolute Gasteiger partial charge is 0.478 e. The number of nitrogens with one attached hydrogen (secondary N) is 1. The van der Waals surface area contributed by atoms with Gasteiger partial charge >= 0.3 is 5.97 Å². The van der Waals surface area contributed by atoms with Crippen LogP contribution < -0.4 is 0 Å². The molecule has 0 bridgehead atoms. The van der Waals surface area contributed by atoms with Gasteiger partial charge in [-0.25, -0.2) is 4.79 Å². The van der Waals surface area contributed by atoms with Crippen LogP contribution in [0.15, 0.2) is 18.3 Å². The maximum atomic E-state index is 10.3. The fourth-order valence-corrected chi connectivity index (χ4v) is 0.605. The second-order valence-corrected chi connectivity index (χ2v) is 2.05. The Balaban J connectivity index is 2.57. The smallest absolute Gasteiger partial charge is 0.331 e. The summed E-state index contributed by atoms with van der Waals surface area (Å²) in [6, 6.07) is 0. The number of rotatable bonds is 3. The van der Waals surface area contributed by atoms with Gasteiger partial charge in [0.15, 0.2) is 0 Å². The summed E-state index contributed by atoms with van der Waals surface area (Å²) in [5, 5.41) is 18.0. The standard InChI is InChI=1S/C6H7N3O2/c1-4(6(10)11)2-5-3-7-9-8-5/h3H,1-2H2,(H,10,11)(H,7,8,9). The van der Waals surface area contributed by atoms with Gasteiger partial charge in [-0.05, 0) is 0 Å². The van der Waals surface area contributed by atoms with Crippen molar-refractivity contribution in [2.24, 2.45) is 0 Å². The van der Waals surface area contributed by atoms with E-state index in [1.54, 1.807) is 0 Å². The van der Waals surface area contributed by atoms with E-state index >= 15 is 0 Å². The minimum absolute atomic E-state index is 0.110. The normalized spacial score (nSPS) is 9.45. The average molecular weight is 153 g/mol. The first-order valence-corrected chi connectivity index (χ1v) is 2.96. The molecule has 5 nitrogen and oxygen atoms in total. The Bertz CT molecular complexity index is 265. The fraction of sp³-hybridized carbons (Fsp3) is 0.167. The lowest BCUT2D eigenvalue weighted by Gasteiger charge is -1.93. The van der Waals surface area contributed by atoms with Crippen molar-refractivity contribution in [1.29, 1.82) is 0 Å². The number of hydrogen-bond acceptors (Lipinski definition) is 3. The van der Waals surface area contributed by atoms with E-state index in [9.17, 15) is 4.79 Å². The molecule has 2 N–H and O–H groups in total. The van der Waals surface area contributed by atoms with E-state index in [2.05, 4.69) is 22.0 Å². The summed E-state index contributed by atoms with van der Waals surface area (Å²) in [5.74, 6) is -1.01. The summed E-state index contributed by atoms with van der Waals surface area (Å²) in [4.78, 5) is 10.3. The molecule has 58 valence electrons. The van der Waals surface area contributed by atoms with Crippen LogP contribution in [0.2, 0.25) is 0 Å². The summed E-state index contributed by atoms with van der Waals surface area (Å²) in [6.07, 6.45) is 1.69. The number of aromatic nitrogens is 3. The highest BCUT2D eigenvalue weighted by Crippen LogP contribution is 2.00. The first kappa shape index (κ1) is 7.46. The number of aromatic amines is 1. The molecule has 0 atom stereocenters. The number of carboxylic acids is 1. The van der Waals surface area contributed by atoms with Gasteiger partial charge in [0.1, 0.15) is 0 Å². The van der Waals surface area contributed by atoms with Crippen LogP contribution in [0, 0.1) is 0 Å². The van der Waals surface area contributed by atoms with E-state index in [0.717, 1.165) is 0 Å². The summed E-state index contributed by atoms with van der Waals surface area (Å²) < 4.78 is 0. The molecule has 0 aliphatic carbocycles. The lowest BCUT2D eigenvalue weighted by molar-refractivity contribution is -0.132. The van der Waals surface area contributed by atoms with Crippen molar-refractivity contribution in [1.82, 2.24) is 15.4 Å². The summed E-state index contributed by atoms with van der Waals surface area (Å²) in [7, 11) is 0. The Labute approximate surface area is 62.7 Å². The molecule has 1 heterocycles. The predicted octanol–water partition coefficient (Wildman–Crippen LogP) is -0.0120. The van der Waals surface area contributed by atoms with E-state index in [4.69, 9.17) is 5.11 Å². The minimum atomic E-state index is -1.01. The van der Waals surface area contributed by atoms with Gasteiger partial charge < -0.3 is 5.11 Å². The maximum Gasteiger partial charge on any atom is 0.331 e. The molecule has 0 saturated heterocycles. The lowest BCUT2D eigenvalue weighted by atomic mass is 10.2. The summed E-state index contributed by atoms with van der Waals surface area (Å²) in [5.41, 5.74) is 0.691. The number of carboxylic acid groups (broad SMARTS) is 1. The van der Waals surface area contributed by atoms with Gasteiger partial charge in [0, 0.05) is 12.0 Å². The zero-order valence-electron chi connectivity index (χ0n) is 5.74. The predicted molar refractivity (Wildman–Crippen MR) is 36.9 cm³/mol. The van der Waals surface area contributed by atoms with Gasteiger partial charge in [-0.2, -0.15) is 15.4 Å². The highest BCUT2D eigenvalue weighted by Gasteiger charge is 2.05. The number of H-pyrrole nitrogens is 1. The molecule has 11 heavy (non-hydrogen) atoms. The van der Waals surface area contributed by atoms with Gasteiger partial charge in [-0.1, -0.05) is 6.58 Å². The molecule has 0 aliphatic rings. The Morgan fingerprint density at radius 1 is 1.82 bits per heavy atom. The Morgan fingerprint density at radius 3 is 3.00 bits per heavy atom. The number of carbonyl (C=O) groups is 1. The average Bonchev–Trinajstić information content (AvgIpc) is 2.39. The molecule has 5 heteroatoms. The Hall–Kier alpha value is -1.65. The molecule has 0 spiro atoms. The first-order valence-electron chi connectivity index (χ1n) is 2.96. The van der Waals surface area contributed by atoms with Crippen LogP contribution in [0.4, 0.5) is 0 Å². The molecule has 0 aromatic carbocycles. The Morgan fingerprint density at radius 2 is 2.55 bits per heavy atom.